The summed E-state index contributed by atoms with van der Waals surface area (Å²) in [5, 5.41) is 6.75. The first-order valence-corrected chi connectivity index (χ1v) is 9.65. The number of aryl methyl sites for hydroxylation is 2. The van der Waals surface area contributed by atoms with E-state index in [0.29, 0.717) is 42.5 Å². The molecule has 2 aromatic rings. The number of H-pyrrole nitrogens is 1. The zero-order valence-electron chi connectivity index (χ0n) is 13.1. The first-order valence-electron chi connectivity index (χ1n) is 7.42. The third-order valence-corrected chi connectivity index (χ3v) is 6.73. The maximum atomic E-state index is 12.8. The molecule has 124 valence electrons. The van der Waals surface area contributed by atoms with Crippen molar-refractivity contribution in [1.29, 1.82) is 0 Å². The van der Waals surface area contributed by atoms with Gasteiger partial charge in [0.25, 0.3) is 0 Å². The van der Waals surface area contributed by atoms with Crippen molar-refractivity contribution in [2.45, 2.75) is 18.7 Å². The molecule has 0 bridgehead atoms. The van der Waals surface area contributed by atoms with Crippen molar-refractivity contribution in [2.24, 2.45) is 0 Å². The summed E-state index contributed by atoms with van der Waals surface area (Å²) in [6.45, 7) is 5.74. The zero-order valence-corrected chi connectivity index (χ0v) is 15.5. The van der Waals surface area contributed by atoms with Gasteiger partial charge in [0.15, 0.2) is 0 Å². The molecule has 1 saturated heterocycles. The molecule has 6 nitrogen and oxygen atoms in total. The predicted octanol–water partition coefficient (Wildman–Crippen LogP) is 2.30. The van der Waals surface area contributed by atoms with Crippen LogP contribution in [0.25, 0.3) is 0 Å². The number of benzene rings is 1. The van der Waals surface area contributed by atoms with Gasteiger partial charge in [-0.3, -0.25) is 5.10 Å². The average molecular weight is 399 g/mol. The van der Waals surface area contributed by atoms with E-state index in [4.69, 9.17) is 0 Å². The number of halogens is 1. The van der Waals surface area contributed by atoms with Crippen LogP contribution in [0.5, 0.6) is 0 Å². The fraction of sp³-hybridized carbons (Fsp3) is 0.400. The lowest BCUT2D eigenvalue weighted by molar-refractivity contribution is 0.384. The quantitative estimate of drug-likeness (QED) is 0.860. The van der Waals surface area contributed by atoms with Crippen LogP contribution in [0.3, 0.4) is 0 Å². The van der Waals surface area contributed by atoms with Crippen molar-refractivity contribution < 1.29 is 8.42 Å². The third kappa shape index (κ3) is 3.15. The Balaban J connectivity index is 1.76. The number of piperazine rings is 1. The lowest BCUT2D eigenvalue weighted by atomic mass is 10.2. The summed E-state index contributed by atoms with van der Waals surface area (Å²) < 4.78 is 28.2. The Kier molecular flexibility index (Phi) is 4.48. The second kappa shape index (κ2) is 6.26. The van der Waals surface area contributed by atoms with Gasteiger partial charge in [0.1, 0.15) is 4.90 Å². The van der Waals surface area contributed by atoms with Gasteiger partial charge < -0.3 is 4.90 Å². The second-order valence-electron chi connectivity index (χ2n) is 5.63. The molecule has 0 unspecified atom stereocenters. The van der Waals surface area contributed by atoms with Crippen LogP contribution in [0.2, 0.25) is 0 Å². The maximum Gasteiger partial charge on any atom is 0.246 e. The van der Waals surface area contributed by atoms with E-state index >= 15 is 0 Å². The van der Waals surface area contributed by atoms with Crippen LogP contribution < -0.4 is 4.90 Å². The van der Waals surface area contributed by atoms with Crippen molar-refractivity contribution in [1.82, 2.24) is 14.5 Å². The summed E-state index contributed by atoms with van der Waals surface area (Å²) in [6.07, 6.45) is 0. The molecule has 23 heavy (non-hydrogen) atoms. The Hall–Kier alpha value is -1.38. The SMILES string of the molecule is Cc1n[nH]c(C)c1S(=O)(=O)N1CCN(c2cccc(Br)c2)CC1. The normalized spacial score (nSPS) is 16.7. The van der Waals surface area contributed by atoms with E-state index in [9.17, 15) is 8.42 Å². The zero-order chi connectivity index (χ0) is 16.6. The van der Waals surface area contributed by atoms with Crippen LogP contribution >= 0.6 is 15.9 Å². The Bertz CT molecular complexity index is 791. The van der Waals surface area contributed by atoms with Crippen LogP contribution in [0.4, 0.5) is 5.69 Å². The Morgan fingerprint density at radius 1 is 1.17 bits per heavy atom. The molecule has 1 aromatic carbocycles. The molecule has 2 heterocycles. The molecule has 0 radical (unpaired) electrons. The van der Waals surface area contributed by atoms with Gasteiger partial charge in [-0.15, -0.1) is 0 Å². The second-order valence-corrected chi connectivity index (χ2v) is 8.42. The molecule has 1 aliphatic heterocycles. The van der Waals surface area contributed by atoms with E-state index in [0.717, 1.165) is 10.2 Å². The van der Waals surface area contributed by atoms with Crippen LogP contribution in [-0.4, -0.2) is 49.1 Å². The summed E-state index contributed by atoms with van der Waals surface area (Å²) >= 11 is 3.47. The van der Waals surface area contributed by atoms with Gasteiger partial charge in [-0.2, -0.15) is 9.40 Å². The average Bonchev–Trinajstić information content (AvgIpc) is 2.87. The highest BCUT2D eigenvalue weighted by Gasteiger charge is 2.32. The highest BCUT2D eigenvalue weighted by atomic mass is 79.9. The number of sulfonamides is 1. The number of aromatic amines is 1. The summed E-state index contributed by atoms with van der Waals surface area (Å²) in [5.41, 5.74) is 2.22. The van der Waals surface area contributed by atoms with Crippen LogP contribution in [0.1, 0.15) is 11.4 Å². The first-order chi connectivity index (χ1) is 10.9. The van der Waals surface area contributed by atoms with E-state index in [1.54, 1.807) is 18.2 Å². The summed E-state index contributed by atoms with van der Waals surface area (Å²) in [7, 11) is -3.49. The fourth-order valence-corrected chi connectivity index (χ4v) is 5.05. The number of nitrogens with zero attached hydrogens (tertiary/aromatic N) is 3. The first kappa shape index (κ1) is 16.5. The molecular formula is C15H19BrN4O2S. The minimum Gasteiger partial charge on any atom is -0.369 e. The van der Waals surface area contributed by atoms with E-state index in [1.165, 1.54) is 0 Å². The van der Waals surface area contributed by atoms with E-state index in [1.807, 2.05) is 18.2 Å². The van der Waals surface area contributed by atoms with E-state index < -0.39 is 10.0 Å². The largest absolute Gasteiger partial charge is 0.369 e. The summed E-state index contributed by atoms with van der Waals surface area (Å²) in [5.74, 6) is 0. The lowest BCUT2D eigenvalue weighted by Gasteiger charge is -2.35. The molecular weight excluding hydrogens is 380 g/mol. The van der Waals surface area contributed by atoms with E-state index in [-0.39, 0.29) is 0 Å². The number of rotatable bonds is 3. The van der Waals surface area contributed by atoms with Crippen LogP contribution in [0, 0.1) is 13.8 Å². The van der Waals surface area contributed by atoms with Crippen molar-refractivity contribution >= 4 is 31.6 Å². The number of nitrogens with one attached hydrogen (secondary N) is 1. The number of hydrogen-bond donors (Lipinski definition) is 1. The van der Waals surface area contributed by atoms with Gasteiger partial charge in [0, 0.05) is 36.3 Å². The summed E-state index contributed by atoms with van der Waals surface area (Å²) in [6, 6.07) is 8.06. The smallest absolute Gasteiger partial charge is 0.246 e. The van der Waals surface area contributed by atoms with Crippen molar-refractivity contribution in [3.63, 3.8) is 0 Å². The minimum atomic E-state index is -3.49. The minimum absolute atomic E-state index is 0.313. The van der Waals surface area contributed by atoms with Crippen LogP contribution in [0.15, 0.2) is 33.6 Å². The lowest BCUT2D eigenvalue weighted by Crippen LogP contribution is -2.48. The molecule has 1 aromatic heterocycles. The van der Waals surface area contributed by atoms with Gasteiger partial charge in [-0.05, 0) is 32.0 Å². The molecule has 0 saturated carbocycles. The van der Waals surface area contributed by atoms with Gasteiger partial charge in [0.2, 0.25) is 10.0 Å². The molecule has 8 heteroatoms. The van der Waals surface area contributed by atoms with Gasteiger partial charge in [0.05, 0.1) is 11.4 Å². The maximum absolute atomic E-state index is 12.8. The standard InChI is InChI=1S/C15H19BrN4O2S/c1-11-15(12(2)18-17-11)23(21,22)20-8-6-19(7-9-20)14-5-3-4-13(16)10-14/h3-5,10H,6-9H2,1-2H3,(H,17,18). The third-order valence-electron chi connectivity index (χ3n) is 4.07. The Morgan fingerprint density at radius 3 is 2.43 bits per heavy atom. The molecule has 0 amide bonds. The molecule has 0 spiro atoms. The van der Waals surface area contributed by atoms with Crippen LogP contribution in [-0.2, 0) is 10.0 Å². The highest BCUT2D eigenvalue weighted by Crippen LogP contribution is 2.25. The monoisotopic (exact) mass is 398 g/mol. The summed E-state index contributed by atoms with van der Waals surface area (Å²) in [4.78, 5) is 2.51. The van der Waals surface area contributed by atoms with Gasteiger partial charge >= 0.3 is 0 Å². The van der Waals surface area contributed by atoms with Gasteiger partial charge in [-0.25, -0.2) is 8.42 Å². The molecule has 1 N–H and O–H groups in total. The molecule has 0 atom stereocenters. The fourth-order valence-electron chi connectivity index (χ4n) is 2.91. The molecule has 1 aliphatic rings. The van der Waals surface area contributed by atoms with Gasteiger partial charge in [-0.1, -0.05) is 22.0 Å². The molecule has 3 rings (SSSR count). The molecule has 0 aliphatic carbocycles. The predicted molar refractivity (Wildman–Crippen MR) is 93.2 cm³/mol. The van der Waals surface area contributed by atoms with Crippen molar-refractivity contribution in [3.8, 4) is 0 Å². The topological polar surface area (TPSA) is 69.3 Å². The van der Waals surface area contributed by atoms with Crippen molar-refractivity contribution in [3.05, 3.63) is 40.1 Å². The number of hydrogen-bond acceptors (Lipinski definition) is 4. The highest BCUT2D eigenvalue weighted by molar-refractivity contribution is 9.10. The number of aromatic nitrogens is 2. The van der Waals surface area contributed by atoms with Crippen molar-refractivity contribution in [2.75, 3.05) is 31.1 Å². The number of anilines is 1. The van der Waals surface area contributed by atoms with E-state index in [2.05, 4.69) is 37.1 Å². The Morgan fingerprint density at radius 2 is 1.87 bits per heavy atom. The Labute approximate surface area is 144 Å². The molecule has 1 fully saturated rings.